The van der Waals surface area contributed by atoms with Crippen LogP contribution >= 0.6 is 0 Å². The van der Waals surface area contributed by atoms with Gasteiger partial charge in [0.1, 0.15) is 17.3 Å². The first kappa shape index (κ1) is 33.8. The molecule has 0 atom stereocenters. The Bertz CT molecular complexity index is 1600. The summed E-state index contributed by atoms with van der Waals surface area (Å²) in [6, 6.07) is 1.00. The van der Waals surface area contributed by atoms with Crippen LogP contribution in [0.4, 0.5) is 57.1 Å². The van der Waals surface area contributed by atoms with E-state index in [1.165, 1.54) is 0 Å². The summed E-state index contributed by atoms with van der Waals surface area (Å²) in [6.07, 6.45) is -16.5. The smallest absolute Gasteiger partial charge is 0.423 e. The number of benzene rings is 3. The molecule has 0 aliphatic carbocycles. The van der Waals surface area contributed by atoms with E-state index in [0.29, 0.717) is 12.1 Å². The molecule has 3 aromatic carbocycles. The van der Waals surface area contributed by atoms with Gasteiger partial charge in [0.25, 0.3) is 0 Å². The lowest BCUT2D eigenvalue weighted by Gasteiger charge is -2.19. The van der Waals surface area contributed by atoms with Crippen LogP contribution in [0.25, 0.3) is 22.3 Å². The molecule has 0 spiro atoms. The summed E-state index contributed by atoms with van der Waals surface area (Å²) < 4.78 is 204. The Balaban J connectivity index is 2.47. The van der Waals surface area contributed by atoms with E-state index in [1.54, 1.807) is 0 Å². The molecule has 3 rings (SSSR count). The van der Waals surface area contributed by atoms with Crippen molar-refractivity contribution >= 4 is 22.7 Å². The molecular weight excluding hydrogens is 650 g/mol. The van der Waals surface area contributed by atoms with Crippen molar-refractivity contribution in [1.82, 2.24) is 0 Å². The maximum atomic E-state index is 15.3. The van der Waals surface area contributed by atoms with Crippen molar-refractivity contribution in [3.63, 3.8) is 0 Å². The fourth-order valence-corrected chi connectivity index (χ4v) is 3.95. The third-order valence-corrected chi connectivity index (χ3v) is 6.22. The normalized spacial score (nSPS) is 13.2. The van der Waals surface area contributed by atoms with Gasteiger partial charge < -0.3 is 19.0 Å². The maximum absolute atomic E-state index is 15.3. The van der Waals surface area contributed by atoms with Gasteiger partial charge in [0.2, 0.25) is 0 Å². The Morgan fingerprint density at radius 2 is 1.16 bits per heavy atom. The second-order valence-electron chi connectivity index (χ2n) is 8.29. The molecule has 0 saturated carbocycles. The maximum Gasteiger partial charge on any atom is 0.573 e. The average Bonchev–Trinajstić information content (AvgIpc) is 2.80. The fourth-order valence-electron chi connectivity index (χ4n) is 3.51. The summed E-state index contributed by atoms with van der Waals surface area (Å²) >= 11 is 0. The fraction of sp³-hybridized carbons (Fsp3) is 0.182. The summed E-state index contributed by atoms with van der Waals surface area (Å²) in [7, 11) is -9.38. The van der Waals surface area contributed by atoms with Crippen molar-refractivity contribution in [3.8, 4) is 33.8 Å². The lowest BCUT2D eigenvalue weighted by Crippen LogP contribution is -2.33. The number of hydrogen-bond acceptors (Lipinski definition) is 6. The van der Waals surface area contributed by atoms with E-state index in [9.17, 15) is 71.2 Å². The Hall–Kier alpha value is -3.72. The van der Waals surface area contributed by atoms with Gasteiger partial charge in [-0.2, -0.15) is 47.9 Å². The molecular formula is C22H10BF13O6S. The van der Waals surface area contributed by atoms with Crippen LogP contribution in [0, 0.1) is 5.82 Å². The van der Waals surface area contributed by atoms with E-state index in [1.807, 2.05) is 0 Å². The first-order chi connectivity index (χ1) is 19.3. The van der Waals surface area contributed by atoms with Gasteiger partial charge >= 0.3 is 41.5 Å². The second-order valence-corrected chi connectivity index (χ2v) is 9.83. The molecule has 0 aromatic heterocycles. The highest BCUT2D eigenvalue weighted by molar-refractivity contribution is 7.88. The van der Waals surface area contributed by atoms with Gasteiger partial charge in [0, 0.05) is 5.46 Å². The van der Waals surface area contributed by atoms with Gasteiger partial charge in [-0.3, -0.25) is 0 Å². The van der Waals surface area contributed by atoms with E-state index in [2.05, 4.69) is 8.92 Å². The van der Waals surface area contributed by atoms with Crippen molar-refractivity contribution in [3.05, 3.63) is 65.5 Å². The largest absolute Gasteiger partial charge is 0.573 e. The lowest BCUT2D eigenvalue weighted by molar-refractivity contribution is -0.274. The topological polar surface area (TPSA) is 93.1 Å². The van der Waals surface area contributed by atoms with Crippen LogP contribution < -0.4 is 14.4 Å². The van der Waals surface area contributed by atoms with Crippen LogP contribution in [0.5, 0.6) is 11.5 Å². The van der Waals surface area contributed by atoms with Crippen molar-refractivity contribution < 1.29 is 84.5 Å². The molecule has 0 radical (unpaired) electrons. The zero-order chi connectivity index (χ0) is 32.9. The molecule has 0 amide bonds. The Morgan fingerprint density at radius 1 is 0.674 bits per heavy atom. The summed E-state index contributed by atoms with van der Waals surface area (Å²) in [6.45, 7) is 0. The molecule has 0 heterocycles. The highest BCUT2D eigenvalue weighted by Crippen LogP contribution is 2.43. The molecule has 0 fully saturated rings. The Morgan fingerprint density at radius 3 is 1.60 bits per heavy atom. The molecule has 0 saturated heterocycles. The van der Waals surface area contributed by atoms with Crippen molar-refractivity contribution in [1.29, 1.82) is 0 Å². The van der Waals surface area contributed by atoms with Crippen LogP contribution in [0.2, 0.25) is 0 Å². The first-order valence-electron chi connectivity index (χ1n) is 10.7. The summed E-state index contributed by atoms with van der Waals surface area (Å²) in [5.74, 6) is -5.09. The van der Waals surface area contributed by atoms with Crippen molar-refractivity contribution in [2.75, 3.05) is 0 Å². The molecule has 0 bridgehead atoms. The van der Waals surface area contributed by atoms with E-state index in [-0.39, 0.29) is 36.4 Å². The van der Waals surface area contributed by atoms with Gasteiger partial charge in [-0.05, 0) is 59.2 Å². The van der Waals surface area contributed by atoms with E-state index >= 15 is 4.39 Å². The van der Waals surface area contributed by atoms with Crippen LogP contribution in [0.3, 0.4) is 0 Å². The number of ether oxygens (including phenoxy) is 1. The lowest BCUT2D eigenvalue weighted by atomic mass is 9.78. The third-order valence-electron chi connectivity index (χ3n) is 5.24. The highest BCUT2D eigenvalue weighted by Gasteiger charge is 2.48. The zero-order valence-corrected chi connectivity index (χ0v) is 20.9. The molecule has 0 aliphatic heterocycles. The van der Waals surface area contributed by atoms with Crippen LogP contribution in [-0.4, -0.2) is 37.5 Å². The summed E-state index contributed by atoms with van der Waals surface area (Å²) in [5, 5.41) is 18.7. The SMILES string of the molecule is O=S(=O)(Oc1cc(-c2cc(C(F)(F)F)cc(C(F)(F)F)c2)cc(-c2c(OC(F)(F)F)ccc(B(O)O)c2F)c1)C(F)(F)F. The number of halogens is 13. The van der Waals surface area contributed by atoms with Gasteiger partial charge in [-0.1, -0.05) is 6.07 Å². The first-order valence-corrected chi connectivity index (χ1v) is 12.1. The van der Waals surface area contributed by atoms with Gasteiger partial charge in [0.05, 0.1) is 16.7 Å². The summed E-state index contributed by atoms with van der Waals surface area (Å²) in [5.41, 5.74) is -16.1. The Labute approximate surface area is 231 Å². The average molecular weight is 660 g/mol. The molecule has 43 heavy (non-hydrogen) atoms. The predicted molar refractivity (Wildman–Crippen MR) is 119 cm³/mol. The van der Waals surface area contributed by atoms with Crippen LogP contribution in [0.1, 0.15) is 11.1 Å². The van der Waals surface area contributed by atoms with Crippen LogP contribution in [-0.2, 0) is 22.5 Å². The van der Waals surface area contributed by atoms with Crippen LogP contribution in [0.15, 0.2) is 48.5 Å². The molecule has 234 valence electrons. The number of rotatable bonds is 6. The zero-order valence-electron chi connectivity index (χ0n) is 20.0. The van der Waals surface area contributed by atoms with E-state index in [0.717, 1.165) is 0 Å². The van der Waals surface area contributed by atoms with Gasteiger partial charge in [0.15, 0.2) is 0 Å². The van der Waals surface area contributed by atoms with Gasteiger partial charge in [-0.15, -0.1) is 13.2 Å². The third kappa shape index (κ3) is 7.82. The van der Waals surface area contributed by atoms with Crippen molar-refractivity contribution in [2.45, 2.75) is 24.2 Å². The summed E-state index contributed by atoms with van der Waals surface area (Å²) in [4.78, 5) is 0. The Kier molecular flexibility index (Phi) is 8.71. The second kappa shape index (κ2) is 11.1. The molecule has 0 aliphatic rings. The van der Waals surface area contributed by atoms with E-state index < -0.39 is 97.6 Å². The van der Waals surface area contributed by atoms with Gasteiger partial charge in [-0.25, -0.2) is 4.39 Å². The highest BCUT2D eigenvalue weighted by atomic mass is 32.2. The molecule has 2 N–H and O–H groups in total. The quantitative estimate of drug-likeness (QED) is 0.146. The minimum absolute atomic E-state index is 0.0216. The minimum atomic E-state index is -6.63. The number of alkyl halides is 12. The monoisotopic (exact) mass is 660 g/mol. The molecule has 0 unspecified atom stereocenters. The molecule has 21 heteroatoms. The standard InChI is InChI=1S/C22H10BF13O6S/c24-18-15(23(37)38)1-2-16(41-21(31,32)33)17(18)11-3-9(6-14(7-11)42-43(39,40)22(34,35)36)10-4-12(19(25,26)27)8-13(5-10)20(28,29)30/h1-8,37-38H. The molecule has 3 aromatic rings. The minimum Gasteiger partial charge on any atom is -0.423 e. The predicted octanol–water partition coefficient (Wildman–Crippen LogP) is 6.00. The number of hydrogen-bond donors (Lipinski definition) is 2. The van der Waals surface area contributed by atoms with E-state index in [4.69, 9.17) is 0 Å². The molecule has 6 nitrogen and oxygen atoms in total. The van der Waals surface area contributed by atoms with Crippen molar-refractivity contribution in [2.24, 2.45) is 0 Å².